The molecule has 0 aliphatic heterocycles. The Hall–Kier alpha value is -3.85. The van der Waals surface area contributed by atoms with Crippen molar-refractivity contribution in [1.29, 1.82) is 0 Å². The molecular formula is C32H33ClN2O5S. The first-order valence-electron chi connectivity index (χ1n) is 13.1. The van der Waals surface area contributed by atoms with E-state index in [9.17, 15) is 13.2 Å². The minimum Gasteiger partial charge on any atom is -0.497 e. The van der Waals surface area contributed by atoms with Gasteiger partial charge in [0.1, 0.15) is 11.5 Å². The van der Waals surface area contributed by atoms with Gasteiger partial charge < -0.3 is 14.4 Å². The summed E-state index contributed by atoms with van der Waals surface area (Å²) in [5.41, 5.74) is 3.47. The molecule has 214 valence electrons. The van der Waals surface area contributed by atoms with Crippen LogP contribution in [0.1, 0.15) is 22.3 Å². The van der Waals surface area contributed by atoms with Crippen LogP contribution in [0.5, 0.6) is 11.5 Å². The first-order valence-corrected chi connectivity index (χ1v) is 15.0. The summed E-state index contributed by atoms with van der Waals surface area (Å²) in [4.78, 5) is 15.3. The number of carbonyl (C=O) groups excluding carboxylic acids is 1. The molecule has 4 aromatic carbocycles. The largest absolute Gasteiger partial charge is 0.497 e. The number of carbonyl (C=O) groups is 1. The third-order valence-electron chi connectivity index (χ3n) is 6.68. The van der Waals surface area contributed by atoms with Gasteiger partial charge in [0.05, 0.1) is 25.5 Å². The summed E-state index contributed by atoms with van der Waals surface area (Å²) >= 11 is 6.24. The minimum absolute atomic E-state index is 0.0276. The average Bonchev–Trinajstić information content (AvgIpc) is 2.99. The SMILES string of the molecule is COc1ccc(CNS(=O)(=O)c2ccc(CCN(Cc3cc(Cl)ccc3OC)C(=O)Cc3ccccc3)cc2)cc1. The number of sulfonamides is 1. The van der Waals surface area contributed by atoms with Gasteiger partial charge in [-0.3, -0.25) is 4.79 Å². The van der Waals surface area contributed by atoms with E-state index < -0.39 is 10.0 Å². The molecule has 4 aromatic rings. The highest BCUT2D eigenvalue weighted by Gasteiger charge is 2.18. The van der Waals surface area contributed by atoms with Gasteiger partial charge in [-0.1, -0.05) is 66.2 Å². The van der Waals surface area contributed by atoms with Crippen molar-refractivity contribution >= 4 is 27.5 Å². The number of ether oxygens (including phenoxy) is 2. The van der Waals surface area contributed by atoms with Crippen molar-refractivity contribution in [3.63, 3.8) is 0 Å². The maximum Gasteiger partial charge on any atom is 0.240 e. The van der Waals surface area contributed by atoms with Gasteiger partial charge in [-0.2, -0.15) is 0 Å². The van der Waals surface area contributed by atoms with Gasteiger partial charge in [0.25, 0.3) is 0 Å². The molecule has 0 spiro atoms. The van der Waals surface area contributed by atoms with E-state index in [1.807, 2.05) is 48.5 Å². The lowest BCUT2D eigenvalue weighted by Gasteiger charge is -2.24. The molecule has 0 saturated carbocycles. The Morgan fingerprint density at radius 1 is 0.829 bits per heavy atom. The minimum atomic E-state index is -3.69. The summed E-state index contributed by atoms with van der Waals surface area (Å²) in [5.74, 6) is 1.34. The van der Waals surface area contributed by atoms with Crippen LogP contribution in [0, 0.1) is 0 Å². The zero-order valence-corrected chi connectivity index (χ0v) is 24.6. The fourth-order valence-electron chi connectivity index (χ4n) is 4.35. The van der Waals surface area contributed by atoms with E-state index in [-0.39, 0.29) is 23.8 Å². The molecule has 1 amide bonds. The number of hydrogen-bond donors (Lipinski definition) is 1. The predicted molar refractivity (Wildman–Crippen MR) is 161 cm³/mol. The number of halogens is 1. The molecule has 0 unspecified atom stereocenters. The smallest absolute Gasteiger partial charge is 0.240 e. The Labute approximate surface area is 246 Å². The van der Waals surface area contributed by atoms with Crippen molar-refractivity contribution in [3.05, 3.63) is 124 Å². The standard InChI is InChI=1S/C32H33ClN2O5S/c1-39-29-13-8-26(9-14-29)22-34-41(37,38)30-15-10-24(11-16-30)18-19-35(32(36)20-25-6-4-3-5-7-25)23-27-21-28(33)12-17-31(27)40-2/h3-17,21,34H,18-20,22-23H2,1-2H3. The van der Waals surface area contributed by atoms with Crippen LogP contribution in [0.15, 0.2) is 102 Å². The molecule has 0 saturated heterocycles. The first kappa shape index (κ1) is 30.1. The van der Waals surface area contributed by atoms with Gasteiger partial charge in [0.2, 0.25) is 15.9 Å². The summed E-state index contributed by atoms with van der Waals surface area (Å²) in [5, 5.41) is 0.564. The Bertz CT molecular complexity index is 1540. The Morgan fingerprint density at radius 3 is 2.17 bits per heavy atom. The average molecular weight is 593 g/mol. The van der Waals surface area contributed by atoms with Crippen LogP contribution in [0.2, 0.25) is 5.02 Å². The van der Waals surface area contributed by atoms with Crippen molar-refractivity contribution in [3.8, 4) is 11.5 Å². The summed E-state index contributed by atoms with van der Waals surface area (Å²) < 4.78 is 39.0. The van der Waals surface area contributed by atoms with Crippen LogP contribution in [0.3, 0.4) is 0 Å². The zero-order valence-electron chi connectivity index (χ0n) is 23.0. The summed E-state index contributed by atoms with van der Waals surface area (Å²) in [7, 11) is -0.526. The molecule has 0 radical (unpaired) electrons. The molecule has 0 fully saturated rings. The lowest BCUT2D eigenvalue weighted by molar-refractivity contribution is -0.131. The summed E-state index contributed by atoms with van der Waals surface area (Å²) in [6, 6.07) is 28.9. The van der Waals surface area contributed by atoms with Crippen LogP contribution in [0.25, 0.3) is 0 Å². The van der Waals surface area contributed by atoms with Crippen LogP contribution >= 0.6 is 11.6 Å². The molecule has 0 bridgehead atoms. The number of nitrogens with zero attached hydrogens (tertiary/aromatic N) is 1. The summed E-state index contributed by atoms with van der Waals surface area (Å²) in [6.45, 7) is 0.930. The molecule has 0 aromatic heterocycles. The van der Waals surface area contributed by atoms with Gasteiger partial charge >= 0.3 is 0 Å². The maximum absolute atomic E-state index is 13.4. The van der Waals surface area contributed by atoms with E-state index in [0.29, 0.717) is 36.0 Å². The number of nitrogens with one attached hydrogen (secondary N) is 1. The Kier molecular flexibility index (Phi) is 10.4. The van der Waals surface area contributed by atoms with Crippen molar-refractivity contribution in [1.82, 2.24) is 9.62 Å². The van der Waals surface area contributed by atoms with E-state index in [4.69, 9.17) is 21.1 Å². The normalized spacial score (nSPS) is 11.2. The molecule has 4 rings (SSSR count). The van der Waals surface area contributed by atoms with Gasteiger partial charge in [-0.05, 0) is 65.6 Å². The number of rotatable bonds is 13. The quantitative estimate of drug-likeness (QED) is 0.217. The van der Waals surface area contributed by atoms with Crippen molar-refractivity contribution in [2.24, 2.45) is 0 Å². The topological polar surface area (TPSA) is 84.9 Å². The highest BCUT2D eigenvalue weighted by Crippen LogP contribution is 2.25. The fourth-order valence-corrected chi connectivity index (χ4v) is 5.57. The van der Waals surface area contributed by atoms with Gasteiger partial charge in [0.15, 0.2) is 0 Å². The molecule has 0 heterocycles. The van der Waals surface area contributed by atoms with E-state index in [1.165, 1.54) is 0 Å². The highest BCUT2D eigenvalue weighted by atomic mass is 35.5. The van der Waals surface area contributed by atoms with Gasteiger partial charge in [-0.15, -0.1) is 0 Å². The number of hydrogen-bond acceptors (Lipinski definition) is 5. The molecule has 0 aliphatic rings. The predicted octanol–water partition coefficient (Wildman–Crippen LogP) is 5.65. The summed E-state index contributed by atoms with van der Waals surface area (Å²) in [6.07, 6.45) is 0.809. The second kappa shape index (κ2) is 14.2. The lowest BCUT2D eigenvalue weighted by atomic mass is 10.1. The van der Waals surface area contributed by atoms with E-state index in [1.54, 1.807) is 67.7 Å². The fraction of sp³-hybridized carbons (Fsp3) is 0.219. The second-order valence-electron chi connectivity index (χ2n) is 9.50. The van der Waals surface area contributed by atoms with E-state index in [0.717, 1.165) is 22.3 Å². The van der Waals surface area contributed by atoms with Crippen LogP contribution in [0.4, 0.5) is 0 Å². The maximum atomic E-state index is 13.4. The van der Waals surface area contributed by atoms with Crippen molar-refractivity contribution in [2.75, 3.05) is 20.8 Å². The van der Waals surface area contributed by atoms with Gasteiger partial charge in [-0.25, -0.2) is 13.1 Å². The van der Waals surface area contributed by atoms with Crippen molar-refractivity contribution < 1.29 is 22.7 Å². The highest BCUT2D eigenvalue weighted by molar-refractivity contribution is 7.89. The zero-order chi connectivity index (χ0) is 29.2. The molecular weight excluding hydrogens is 560 g/mol. The number of benzene rings is 4. The molecule has 7 nitrogen and oxygen atoms in total. The number of amides is 1. The third-order valence-corrected chi connectivity index (χ3v) is 8.34. The van der Waals surface area contributed by atoms with Crippen LogP contribution in [-0.4, -0.2) is 40.0 Å². The van der Waals surface area contributed by atoms with Crippen LogP contribution in [-0.2, 0) is 40.7 Å². The Morgan fingerprint density at radius 2 is 1.51 bits per heavy atom. The van der Waals surface area contributed by atoms with Gasteiger partial charge in [0, 0.05) is 30.2 Å². The lowest BCUT2D eigenvalue weighted by Crippen LogP contribution is -2.33. The van der Waals surface area contributed by atoms with E-state index in [2.05, 4.69) is 4.72 Å². The Balaban J connectivity index is 1.43. The second-order valence-corrected chi connectivity index (χ2v) is 11.7. The van der Waals surface area contributed by atoms with Crippen molar-refractivity contribution in [2.45, 2.75) is 30.8 Å². The monoisotopic (exact) mass is 592 g/mol. The van der Waals surface area contributed by atoms with E-state index >= 15 is 0 Å². The molecule has 9 heteroatoms. The molecule has 0 atom stereocenters. The molecule has 0 aliphatic carbocycles. The number of methoxy groups -OCH3 is 2. The molecule has 41 heavy (non-hydrogen) atoms. The molecule has 1 N–H and O–H groups in total. The van der Waals surface area contributed by atoms with Crippen LogP contribution < -0.4 is 14.2 Å². The third kappa shape index (κ3) is 8.57. The first-order chi connectivity index (χ1) is 19.8.